The van der Waals surface area contributed by atoms with Crippen molar-refractivity contribution in [2.24, 2.45) is 0 Å². The molecular weight excluding hydrogens is 216 g/mol. The highest BCUT2D eigenvalue weighted by molar-refractivity contribution is 5.51. The highest BCUT2D eigenvalue weighted by atomic mass is 16.5. The maximum absolute atomic E-state index is 5.34. The van der Waals surface area contributed by atoms with Gasteiger partial charge in [0.1, 0.15) is 12.7 Å². The number of hydrogen-bond donors (Lipinski definition) is 0. The summed E-state index contributed by atoms with van der Waals surface area (Å²) in [6.45, 7) is 3.55. The molecule has 1 saturated heterocycles. The number of aromatic nitrogens is 3. The van der Waals surface area contributed by atoms with Gasteiger partial charge in [0.2, 0.25) is 0 Å². The third-order valence-electron chi connectivity index (χ3n) is 2.94. The molecule has 0 bridgehead atoms. The van der Waals surface area contributed by atoms with Crippen LogP contribution < -0.4 is 4.90 Å². The first kappa shape index (κ1) is 10.3. The molecule has 5 heteroatoms. The normalized spacial score (nSPS) is 16.1. The van der Waals surface area contributed by atoms with Crippen molar-refractivity contribution in [1.29, 1.82) is 0 Å². The van der Waals surface area contributed by atoms with Gasteiger partial charge in [0.15, 0.2) is 0 Å². The van der Waals surface area contributed by atoms with Crippen LogP contribution in [0.15, 0.2) is 36.9 Å². The SMILES string of the molecule is c1cc(-n2cnnc2)ccc1N1CCOCC1. The van der Waals surface area contributed by atoms with Crippen LogP contribution >= 0.6 is 0 Å². The van der Waals surface area contributed by atoms with Crippen molar-refractivity contribution in [1.82, 2.24) is 14.8 Å². The Hall–Kier alpha value is -1.88. The lowest BCUT2D eigenvalue weighted by Crippen LogP contribution is -2.36. The second-order valence-electron chi connectivity index (χ2n) is 3.98. The molecule has 1 aromatic carbocycles. The summed E-state index contributed by atoms with van der Waals surface area (Å²) in [5.74, 6) is 0. The van der Waals surface area contributed by atoms with E-state index < -0.39 is 0 Å². The Morgan fingerprint density at radius 1 is 0.882 bits per heavy atom. The van der Waals surface area contributed by atoms with Crippen molar-refractivity contribution < 1.29 is 4.74 Å². The Morgan fingerprint density at radius 2 is 1.47 bits per heavy atom. The van der Waals surface area contributed by atoms with E-state index in [0.29, 0.717) is 0 Å². The number of nitrogens with zero attached hydrogens (tertiary/aromatic N) is 4. The molecule has 2 aromatic rings. The molecule has 0 spiro atoms. The van der Waals surface area contributed by atoms with E-state index in [9.17, 15) is 0 Å². The summed E-state index contributed by atoms with van der Waals surface area (Å²) in [6, 6.07) is 8.41. The van der Waals surface area contributed by atoms with Gasteiger partial charge in [-0.25, -0.2) is 0 Å². The summed E-state index contributed by atoms with van der Waals surface area (Å²) in [5, 5.41) is 7.59. The van der Waals surface area contributed by atoms with Gasteiger partial charge in [-0.2, -0.15) is 0 Å². The maximum atomic E-state index is 5.34. The average Bonchev–Trinajstić information content (AvgIpc) is 2.94. The van der Waals surface area contributed by atoms with Gasteiger partial charge in [0.05, 0.1) is 13.2 Å². The quantitative estimate of drug-likeness (QED) is 0.775. The topological polar surface area (TPSA) is 43.2 Å². The predicted octanol–water partition coefficient (Wildman–Crippen LogP) is 1.10. The minimum absolute atomic E-state index is 0.813. The summed E-state index contributed by atoms with van der Waals surface area (Å²) in [4.78, 5) is 2.33. The highest BCUT2D eigenvalue weighted by Crippen LogP contribution is 2.18. The molecular formula is C12H14N4O. The summed E-state index contributed by atoms with van der Waals surface area (Å²) < 4.78 is 7.23. The maximum Gasteiger partial charge on any atom is 0.123 e. The van der Waals surface area contributed by atoms with Crippen molar-refractivity contribution in [2.45, 2.75) is 0 Å². The van der Waals surface area contributed by atoms with E-state index in [1.54, 1.807) is 12.7 Å². The molecule has 0 unspecified atom stereocenters. The summed E-state index contributed by atoms with van der Waals surface area (Å²) in [5.41, 5.74) is 2.32. The van der Waals surface area contributed by atoms with Crippen LogP contribution in [0.3, 0.4) is 0 Å². The number of benzene rings is 1. The van der Waals surface area contributed by atoms with Gasteiger partial charge in [-0.1, -0.05) is 0 Å². The molecule has 88 valence electrons. The van der Waals surface area contributed by atoms with Gasteiger partial charge in [0.25, 0.3) is 0 Å². The smallest absolute Gasteiger partial charge is 0.123 e. The predicted molar refractivity (Wildman–Crippen MR) is 64.4 cm³/mol. The van der Waals surface area contributed by atoms with Crippen molar-refractivity contribution in [2.75, 3.05) is 31.2 Å². The zero-order valence-corrected chi connectivity index (χ0v) is 9.49. The number of anilines is 1. The minimum atomic E-state index is 0.813. The molecule has 0 atom stereocenters. The van der Waals surface area contributed by atoms with Crippen molar-refractivity contribution in [3.8, 4) is 5.69 Å². The molecule has 1 aliphatic rings. The highest BCUT2D eigenvalue weighted by Gasteiger charge is 2.10. The fourth-order valence-electron chi connectivity index (χ4n) is 1.99. The summed E-state index contributed by atoms with van der Waals surface area (Å²) in [6.07, 6.45) is 3.40. The molecule has 1 aliphatic heterocycles. The summed E-state index contributed by atoms with van der Waals surface area (Å²) >= 11 is 0. The Balaban J connectivity index is 1.80. The van der Waals surface area contributed by atoms with Crippen LogP contribution in [0.25, 0.3) is 5.69 Å². The Morgan fingerprint density at radius 3 is 2.12 bits per heavy atom. The monoisotopic (exact) mass is 230 g/mol. The van der Waals surface area contributed by atoms with Crippen molar-refractivity contribution in [3.05, 3.63) is 36.9 Å². The molecule has 0 aliphatic carbocycles. The molecule has 3 rings (SSSR count). The number of morpholine rings is 1. The lowest BCUT2D eigenvalue weighted by Gasteiger charge is -2.28. The minimum Gasteiger partial charge on any atom is -0.378 e. The third-order valence-corrected chi connectivity index (χ3v) is 2.94. The molecule has 2 heterocycles. The van der Waals surface area contributed by atoms with Gasteiger partial charge in [-0.15, -0.1) is 10.2 Å². The van der Waals surface area contributed by atoms with Crippen molar-refractivity contribution in [3.63, 3.8) is 0 Å². The number of rotatable bonds is 2. The molecule has 0 amide bonds. The van der Waals surface area contributed by atoms with E-state index in [2.05, 4.69) is 39.4 Å². The first-order valence-electron chi connectivity index (χ1n) is 5.71. The standard InChI is InChI=1S/C12H14N4O/c1-3-12(16-9-13-14-10-16)4-2-11(1)15-5-7-17-8-6-15/h1-4,9-10H,5-8H2. The van der Waals surface area contributed by atoms with E-state index in [1.807, 2.05) is 4.57 Å². The fraction of sp³-hybridized carbons (Fsp3) is 0.333. The largest absolute Gasteiger partial charge is 0.378 e. The molecule has 0 N–H and O–H groups in total. The van der Waals surface area contributed by atoms with Crippen LogP contribution in [0.2, 0.25) is 0 Å². The van der Waals surface area contributed by atoms with Crippen LogP contribution in [0.5, 0.6) is 0 Å². The molecule has 1 aromatic heterocycles. The lowest BCUT2D eigenvalue weighted by atomic mass is 10.2. The zero-order valence-electron chi connectivity index (χ0n) is 9.49. The first-order chi connectivity index (χ1) is 8.43. The second-order valence-corrected chi connectivity index (χ2v) is 3.98. The Bertz CT molecular complexity index is 460. The van der Waals surface area contributed by atoms with Crippen LogP contribution in [0, 0.1) is 0 Å². The van der Waals surface area contributed by atoms with E-state index in [-0.39, 0.29) is 0 Å². The van der Waals surface area contributed by atoms with E-state index in [1.165, 1.54) is 5.69 Å². The van der Waals surface area contributed by atoms with Gasteiger partial charge in [0, 0.05) is 24.5 Å². The van der Waals surface area contributed by atoms with Crippen molar-refractivity contribution >= 4 is 5.69 Å². The zero-order chi connectivity index (χ0) is 11.5. The Labute approximate surface area is 99.6 Å². The fourth-order valence-corrected chi connectivity index (χ4v) is 1.99. The van der Waals surface area contributed by atoms with E-state index in [0.717, 1.165) is 32.0 Å². The van der Waals surface area contributed by atoms with Gasteiger partial charge in [-0.05, 0) is 24.3 Å². The second kappa shape index (κ2) is 4.55. The average molecular weight is 230 g/mol. The molecule has 17 heavy (non-hydrogen) atoms. The molecule has 0 saturated carbocycles. The third kappa shape index (κ3) is 2.14. The molecule has 1 fully saturated rings. The van der Waals surface area contributed by atoms with Gasteiger partial charge >= 0.3 is 0 Å². The van der Waals surface area contributed by atoms with Crippen LogP contribution in [-0.4, -0.2) is 41.1 Å². The Kier molecular flexibility index (Phi) is 2.75. The lowest BCUT2D eigenvalue weighted by molar-refractivity contribution is 0.122. The van der Waals surface area contributed by atoms with E-state index >= 15 is 0 Å². The van der Waals surface area contributed by atoms with E-state index in [4.69, 9.17) is 4.74 Å². The molecule has 0 radical (unpaired) electrons. The van der Waals surface area contributed by atoms with Crippen LogP contribution in [-0.2, 0) is 4.74 Å². The summed E-state index contributed by atoms with van der Waals surface area (Å²) in [7, 11) is 0. The first-order valence-corrected chi connectivity index (χ1v) is 5.71. The van der Waals surface area contributed by atoms with Gasteiger partial charge in [-0.3, -0.25) is 4.57 Å². The van der Waals surface area contributed by atoms with Gasteiger partial charge < -0.3 is 9.64 Å². The number of hydrogen-bond acceptors (Lipinski definition) is 4. The molecule has 5 nitrogen and oxygen atoms in total. The van der Waals surface area contributed by atoms with Crippen LogP contribution in [0.4, 0.5) is 5.69 Å². The van der Waals surface area contributed by atoms with Crippen LogP contribution in [0.1, 0.15) is 0 Å². The number of ether oxygens (including phenoxy) is 1.